The molecule has 2 N–H and O–H groups in total. The SMILES string of the molecule is CNCCC(=O)Nc1cccc(OCCN(C)C)c1.Cl.Cl. The summed E-state index contributed by atoms with van der Waals surface area (Å²) in [6.07, 6.45) is 0.461. The Morgan fingerprint density at radius 1 is 1.29 bits per heavy atom. The molecule has 0 aliphatic carbocycles. The van der Waals surface area contributed by atoms with Crippen molar-refractivity contribution in [3.05, 3.63) is 24.3 Å². The second-order valence-corrected chi connectivity index (χ2v) is 4.58. The van der Waals surface area contributed by atoms with Crippen LogP contribution in [0.15, 0.2) is 24.3 Å². The van der Waals surface area contributed by atoms with Gasteiger partial charge in [-0.3, -0.25) is 4.79 Å². The van der Waals surface area contributed by atoms with Crippen LogP contribution in [0.2, 0.25) is 0 Å². The van der Waals surface area contributed by atoms with E-state index in [1.54, 1.807) is 0 Å². The summed E-state index contributed by atoms with van der Waals surface area (Å²) in [6, 6.07) is 7.46. The highest BCUT2D eigenvalue weighted by Crippen LogP contribution is 2.17. The number of rotatable bonds is 8. The molecule has 21 heavy (non-hydrogen) atoms. The van der Waals surface area contributed by atoms with Crippen molar-refractivity contribution in [1.29, 1.82) is 0 Å². The first-order chi connectivity index (χ1) is 9.11. The highest BCUT2D eigenvalue weighted by Gasteiger charge is 2.02. The predicted octanol–water partition coefficient (Wildman–Crippen LogP) is 2.02. The number of hydrogen-bond acceptors (Lipinski definition) is 4. The largest absolute Gasteiger partial charge is 0.492 e. The standard InChI is InChI=1S/C14H23N3O2.2ClH/c1-15-8-7-14(18)16-12-5-4-6-13(11-12)19-10-9-17(2)3;;/h4-6,11,15H,7-10H2,1-3H3,(H,16,18);2*1H. The Kier molecular flexibility index (Phi) is 13.5. The third-order valence-corrected chi connectivity index (χ3v) is 2.53. The molecule has 1 aromatic rings. The molecule has 122 valence electrons. The fourth-order valence-corrected chi connectivity index (χ4v) is 1.47. The van der Waals surface area contributed by atoms with Crippen molar-refractivity contribution in [3.8, 4) is 5.75 Å². The van der Waals surface area contributed by atoms with Crippen LogP contribution in [0.1, 0.15) is 6.42 Å². The van der Waals surface area contributed by atoms with Gasteiger partial charge >= 0.3 is 0 Å². The van der Waals surface area contributed by atoms with Gasteiger partial charge in [-0.25, -0.2) is 0 Å². The van der Waals surface area contributed by atoms with Crippen molar-refractivity contribution in [2.75, 3.05) is 46.2 Å². The Morgan fingerprint density at radius 2 is 2.00 bits per heavy atom. The molecule has 0 aliphatic rings. The first kappa shape index (κ1) is 22.3. The monoisotopic (exact) mass is 337 g/mol. The van der Waals surface area contributed by atoms with Crippen LogP contribution in [0.4, 0.5) is 5.69 Å². The Bertz CT molecular complexity index is 404. The van der Waals surface area contributed by atoms with E-state index in [2.05, 4.69) is 15.5 Å². The second-order valence-electron chi connectivity index (χ2n) is 4.58. The molecule has 0 atom stereocenters. The van der Waals surface area contributed by atoms with E-state index in [0.717, 1.165) is 18.0 Å². The first-order valence-corrected chi connectivity index (χ1v) is 6.44. The van der Waals surface area contributed by atoms with Gasteiger partial charge in [0, 0.05) is 31.3 Å². The Balaban J connectivity index is 0. The van der Waals surface area contributed by atoms with Crippen LogP contribution in [0.5, 0.6) is 5.75 Å². The number of benzene rings is 1. The summed E-state index contributed by atoms with van der Waals surface area (Å²) in [5.74, 6) is 0.771. The third-order valence-electron chi connectivity index (χ3n) is 2.53. The minimum atomic E-state index is -0.000193. The van der Waals surface area contributed by atoms with E-state index in [4.69, 9.17) is 4.74 Å². The molecular weight excluding hydrogens is 313 g/mol. The van der Waals surface area contributed by atoms with Crippen molar-refractivity contribution in [2.24, 2.45) is 0 Å². The lowest BCUT2D eigenvalue weighted by Gasteiger charge is -2.12. The maximum absolute atomic E-state index is 11.6. The quantitative estimate of drug-likeness (QED) is 0.762. The van der Waals surface area contributed by atoms with Gasteiger partial charge in [-0.15, -0.1) is 24.8 Å². The van der Waals surface area contributed by atoms with Crippen molar-refractivity contribution in [3.63, 3.8) is 0 Å². The zero-order valence-electron chi connectivity index (χ0n) is 12.7. The Labute approximate surface area is 139 Å². The van der Waals surface area contributed by atoms with Crippen LogP contribution in [0, 0.1) is 0 Å². The number of carbonyl (C=O) groups is 1. The smallest absolute Gasteiger partial charge is 0.225 e. The van der Waals surface area contributed by atoms with Gasteiger partial charge in [-0.1, -0.05) is 6.07 Å². The molecule has 1 rings (SSSR count). The lowest BCUT2D eigenvalue weighted by molar-refractivity contribution is -0.116. The zero-order chi connectivity index (χ0) is 14.1. The van der Waals surface area contributed by atoms with Crippen molar-refractivity contribution in [2.45, 2.75) is 6.42 Å². The second kappa shape index (κ2) is 12.7. The maximum atomic E-state index is 11.6. The molecule has 0 bridgehead atoms. The average Bonchev–Trinajstić information content (AvgIpc) is 2.36. The molecular formula is C14H25Cl2N3O2. The average molecular weight is 338 g/mol. The van der Waals surface area contributed by atoms with Crippen LogP contribution in [-0.2, 0) is 4.79 Å². The van der Waals surface area contributed by atoms with Crippen LogP contribution in [0.3, 0.4) is 0 Å². The molecule has 0 fully saturated rings. The molecule has 0 saturated heterocycles. The summed E-state index contributed by atoms with van der Waals surface area (Å²) < 4.78 is 5.61. The molecule has 0 heterocycles. The summed E-state index contributed by atoms with van der Waals surface area (Å²) in [5.41, 5.74) is 0.767. The third kappa shape index (κ3) is 10.4. The van der Waals surface area contributed by atoms with Crippen LogP contribution in [-0.4, -0.2) is 51.6 Å². The Hall–Kier alpha value is -1.01. The number of likely N-dealkylation sites (N-methyl/N-ethyl adjacent to an activating group) is 1. The van der Waals surface area contributed by atoms with Gasteiger partial charge in [0.2, 0.25) is 5.91 Å². The van der Waals surface area contributed by atoms with Gasteiger partial charge in [0.1, 0.15) is 12.4 Å². The summed E-state index contributed by atoms with van der Waals surface area (Å²) in [7, 11) is 5.83. The number of nitrogens with one attached hydrogen (secondary N) is 2. The van der Waals surface area contributed by atoms with Gasteiger partial charge < -0.3 is 20.3 Å². The van der Waals surface area contributed by atoms with Crippen LogP contribution < -0.4 is 15.4 Å². The molecule has 0 saturated carbocycles. The topological polar surface area (TPSA) is 53.6 Å². The normalized spacial score (nSPS) is 9.52. The maximum Gasteiger partial charge on any atom is 0.225 e. The molecule has 0 spiro atoms. The van der Waals surface area contributed by atoms with Crippen molar-refractivity contribution in [1.82, 2.24) is 10.2 Å². The number of amides is 1. The molecule has 7 heteroatoms. The molecule has 1 amide bonds. The molecule has 5 nitrogen and oxygen atoms in total. The van der Waals surface area contributed by atoms with Gasteiger partial charge in [0.15, 0.2) is 0 Å². The van der Waals surface area contributed by atoms with Crippen LogP contribution >= 0.6 is 24.8 Å². The van der Waals surface area contributed by atoms with E-state index in [1.807, 2.05) is 45.4 Å². The zero-order valence-corrected chi connectivity index (χ0v) is 14.4. The number of hydrogen-bond donors (Lipinski definition) is 2. The first-order valence-electron chi connectivity index (χ1n) is 6.44. The number of nitrogens with zero attached hydrogens (tertiary/aromatic N) is 1. The summed E-state index contributed by atoms with van der Waals surface area (Å²) in [6.45, 7) is 2.16. The van der Waals surface area contributed by atoms with E-state index in [0.29, 0.717) is 19.6 Å². The van der Waals surface area contributed by atoms with E-state index < -0.39 is 0 Å². The van der Waals surface area contributed by atoms with Crippen molar-refractivity contribution >= 4 is 36.4 Å². The van der Waals surface area contributed by atoms with Gasteiger partial charge in [0.05, 0.1) is 0 Å². The fourth-order valence-electron chi connectivity index (χ4n) is 1.47. The highest BCUT2D eigenvalue weighted by atomic mass is 35.5. The van der Waals surface area contributed by atoms with Gasteiger partial charge in [-0.05, 0) is 33.3 Å². The molecule has 0 radical (unpaired) electrons. The van der Waals surface area contributed by atoms with Crippen molar-refractivity contribution < 1.29 is 9.53 Å². The highest BCUT2D eigenvalue weighted by molar-refractivity contribution is 5.91. The minimum Gasteiger partial charge on any atom is -0.492 e. The van der Waals surface area contributed by atoms with Gasteiger partial charge in [0.25, 0.3) is 0 Å². The summed E-state index contributed by atoms with van der Waals surface area (Å²) in [4.78, 5) is 13.6. The van der Waals surface area contributed by atoms with E-state index in [-0.39, 0.29) is 30.7 Å². The number of halogens is 2. The van der Waals surface area contributed by atoms with E-state index >= 15 is 0 Å². The van der Waals surface area contributed by atoms with E-state index in [9.17, 15) is 4.79 Å². The summed E-state index contributed by atoms with van der Waals surface area (Å²) in [5, 5.41) is 5.79. The number of ether oxygens (including phenoxy) is 1. The van der Waals surface area contributed by atoms with Crippen LogP contribution in [0.25, 0.3) is 0 Å². The number of anilines is 1. The predicted molar refractivity (Wildman–Crippen MR) is 92.2 cm³/mol. The minimum absolute atomic E-state index is 0. The molecule has 1 aromatic carbocycles. The Morgan fingerprint density at radius 3 is 2.62 bits per heavy atom. The number of carbonyl (C=O) groups excluding carboxylic acids is 1. The fraction of sp³-hybridized carbons (Fsp3) is 0.500. The van der Waals surface area contributed by atoms with Gasteiger partial charge in [-0.2, -0.15) is 0 Å². The molecule has 0 aromatic heterocycles. The lowest BCUT2D eigenvalue weighted by atomic mass is 10.3. The summed E-state index contributed by atoms with van der Waals surface area (Å²) >= 11 is 0. The molecule has 0 aliphatic heterocycles. The lowest BCUT2D eigenvalue weighted by Crippen LogP contribution is -2.20. The molecule has 0 unspecified atom stereocenters. The van der Waals surface area contributed by atoms with E-state index in [1.165, 1.54) is 0 Å².